The van der Waals surface area contributed by atoms with E-state index in [-0.39, 0.29) is 17.3 Å². The van der Waals surface area contributed by atoms with Crippen molar-refractivity contribution in [2.45, 2.75) is 69.1 Å². The summed E-state index contributed by atoms with van der Waals surface area (Å²) >= 11 is 0. The predicted molar refractivity (Wildman–Crippen MR) is 98.5 cm³/mol. The van der Waals surface area contributed by atoms with Gasteiger partial charge in [0.05, 0.1) is 6.10 Å². The summed E-state index contributed by atoms with van der Waals surface area (Å²) in [6.07, 6.45) is 6.19. The highest BCUT2D eigenvalue weighted by molar-refractivity contribution is 5.60. The van der Waals surface area contributed by atoms with E-state index in [1.807, 2.05) is 0 Å². The van der Waals surface area contributed by atoms with E-state index < -0.39 is 6.10 Å². The molecule has 2 N–H and O–H groups in total. The molecule has 1 spiro atoms. The van der Waals surface area contributed by atoms with E-state index in [9.17, 15) is 10.2 Å². The minimum absolute atomic E-state index is 0.0752. The Balaban J connectivity index is 1.43. The molecule has 5 aliphatic rings. The third kappa shape index (κ3) is 1.83. The van der Waals surface area contributed by atoms with E-state index in [1.165, 1.54) is 30.5 Å². The van der Waals surface area contributed by atoms with Crippen LogP contribution in [0.3, 0.4) is 0 Å². The number of ether oxygens (including phenoxy) is 1. The number of phenolic OH excluding ortho intramolecular Hbond substituents is 1. The summed E-state index contributed by atoms with van der Waals surface area (Å²) in [5.41, 5.74) is 2.52. The monoisotopic (exact) mass is 355 g/mol. The second-order valence-corrected chi connectivity index (χ2v) is 9.46. The van der Waals surface area contributed by atoms with Crippen LogP contribution in [0.1, 0.15) is 50.2 Å². The van der Waals surface area contributed by atoms with Crippen LogP contribution in [0, 0.1) is 17.8 Å². The molecule has 26 heavy (non-hydrogen) atoms. The Hall–Kier alpha value is -1.26. The van der Waals surface area contributed by atoms with E-state index >= 15 is 0 Å². The van der Waals surface area contributed by atoms with E-state index in [4.69, 9.17) is 4.74 Å². The standard InChI is InChI=1S/C22H29NO3/c1-2-12-9-14(12)11-23-8-7-22-15-4-6-18(25)21(22)26-20-17(24)5-3-13(19(20)22)10-16(15)23/h3,5,12,14-16,18,21,24-25H,2,4,6-11H2,1H3/t12?,14?,15-,16+,18-,21-,22-/m0/s1. The third-order valence-electron chi connectivity index (χ3n) is 8.46. The van der Waals surface area contributed by atoms with Crippen LogP contribution in [0.2, 0.25) is 0 Å². The molecule has 1 saturated heterocycles. The minimum Gasteiger partial charge on any atom is -0.504 e. The molecule has 2 bridgehead atoms. The van der Waals surface area contributed by atoms with Gasteiger partial charge in [-0.25, -0.2) is 0 Å². The van der Waals surface area contributed by atoms with E-state index in [0.717, 1.165) is 44.1 Å². The van der Waals surface area contributed by atoms with Crippen LogP contribution in [0.5, 0.6) is 11.5 Å². The van der Waals surface area contributed by atoms with Crippen LogP contribution in [0.25, 0.3) is 0 Å². The number of aliphatic hydroxyl groups is 1. The molecular formula is C22H29NO3. The smallest absolute Gasteiger partial charge is 0.165 e. The SMILES string of the molecule is CCC1CC1CN1CC[C@]23c4c5ccc(O)c4O[C@H]2[C@@H](O)CC[C@H]3[C@H]1C5. The van der Waals surface area contributed by atoms with Gasteiger partial charge in [-0.05, 0) is 68.0 Å². The first kappa shape index (κ1) is 15.8. The maximum atomic E-state index is 10.7. The van der Waals surface area contributed by atoms with Crippen LogP contribution in [0.15, 0.2) is 12.1 Å². The van der Waals surface area contributed by atoms with Crippen LogP contribution < -0.4 is 4.74 Å². The zero-order valence-electron chi connectivity index (χ0n) is 15.5. The fraction of sp³-hybridized carbons (Fsp3) is 0.727. The molecular weight excluding hydrogens is 326 g/mol. The average Bonchev–Trinajstić information content (AvgIpc) is 3.30. The summed E-state index contributed by atoms with van der Waals surface area (Å²) < 4.78 is 6.27. The van der Waals surface area contributed by atoms with Gasteiger partial charge in [0, 0.05) is 23.6 Å². The molecule has 4 heteroatoms. The molecule has 3 aliphatic carbocycles. The molecule has 0 amide bonds. The molecule has 7 atom stereocenters. The van der Waals surface area contributed by atoms with Gasteiger partial charge in [-0.15, -0.1) is 0 Å². The average molecular weight is 355 g/mol. The normalized spacial score (nSPS) is 45.2. The number of hydrogen-bond donors (Lipinski definition) is 2. The number of hydrogen-bond acceptors (Lipinski definition) is 4. The molecule has 6 rings (SSSR count). The Morgan fingerprint density at radius 1 is 1.27 bits per heavy atom. The van der Waals surface area contributed by atoms with Crippen molar-refractivity contribution in [1.82, 2.24) is 4.90 Å². The lowest BCUT2D eigenvalue weighted by molar-refractivity contribution is -0.105. The number of benzene rings is 1. The van der Waals surface area contributed by atoms with Crippen molar-refractivity contribution in [2.24, 2.45) is 17.8 Å². The van der Waals surface area contributed by atoms with Crippen molar-refractivity contribution in [2.75, 3.05) is 13.1 Å². The molecule has 4 nitrogen and oxygen atoms in total. The van der Waals surface area contributed by atoms with Gasteiger partial charge in [0.2, 0.25) is 0 Å². The Labute approximate surface area is 155 Å². The molecule has 2 heterocycles. The third-order valence-corrected chi connectivity index (χ3v) is 8.46. The Morgan fingerprint density at radius 3 is 2.96 bits per heavy atom. The first-order valence-corrected chi connectivity index (χ1v) is 10.6. The van der Waals surface area contributed by atoms with Crippen LogP contribution in [-0.2, 0) is 11.8 Å². The molecule has 2 aliphatic heterocycles. The summed E-state index contributed by atoms with van der Waals surface area (Å²) in [7, 11) is 0. The van der Waals surface area contributed by atoms with Crippen molar-refractivity contribution in [3.8, 4) is 11.5 Å². The second kappa shape index (κ2) is 5.17. The largest absolute Gasteiger partial charge is 0.504 e. The van der Waals surface area contributed by atoms with Crippen molar-refractivity contribution in [3.63, 3.8) is 0 Å². The van der Waals surface area contributed by atoms with Gasteiger partial charge in [-0.1, -0.05) is 19.4 Å². The van der Waals surface area contributed by atoms with Gasteiger partial charge in [0.15, 0.2) is 11.5 Å². The predicted octanol–water partition coefficient (Wildman–Crippen LogP) is 2.84. The summed E-state index contributed by atoms with van der Waals surface area (Å²) in [5, 5.41) is 21.2. The Bertz CT molecular complexity index is 764. The van der Waals surface area contributed by atoms with Crippen molar-refractivity contribution in [3.05, 3.63) is 23.3 Å². The number of likely N-dealkylation sites (tertiary alicyclic amines) is 1. The number of rotatable bonds is 3. The van der Waals surface area contributed by atoms with Crippen molar-refractivity contribution >= 4 is 0 Å². The zero-order valence-corrected chi connectivity index (χ0v) is 15.5. The highest BCUT2D eigenvalue weighted by atomic mass is 16.5. The maximum Gasteiger partial charge on any atom is 0.165 e. The summed E-state index contributed by atoms with van der Waals surface area (Å²) in [6.45, 7) is 4.68. The zero-order chi connectivity index (χ0) is 17.6. The topological polar surface area (TPSA) is 52.9 Å². The highest BCUT2D eigenvalue weighted by Gasteiger charge is 2.65. The van der Waals surface area contributed by atoms with E-state index in [1.54, 1.807) is 6.07 Å². The molecule has 1 aromatic carbocycles. The van der Waals surface area contributed by atoms with Gasteiger partial charge in [-0.3, -0.25) is 4.90 Å². The lowest BCUT2D eigenvalue weighted by Crippen LogP contribution is -2.67. The number of nitrogens with zero attached hydrogens (tertiary/aromatic N) is 1. The van der Waals surface area contributed by atoms with Gasteiger partial charge < -0.3 is 14.9 Å². The van der Waals surface area contributed by atoms with E-state index in [0.29, 0.717) is 17.7 Å². The molecule has 0 aromatic heterocycles. The fourth-order valence-electron chi connectivity index (χ4n) is 7.16. The fourth-order valence-corrected chi connectivity index (χ4v) is 7.16. The summed E-state index contributed by atoms with van der Waals surface area (Å²) in [6, 6.07) is 4.48. The number of aliphatic hydroxyl groups excluding tert-OH is 1. The highest BCUT2D eigenvalue weighted by Crippen LogP contribution is 2.64. The lowest BCUT2D eigenvalue weighted by Gasteiger charge is -2.59. The molecule has 0 radical (unpaired) electrons. The van der Waals surface area contributed by atoms with Crippen molar-refractivity contribution < 1.29 is 14.9 Å². The molecule has 140 valence electrons. The second-order valence-electron chi connectivity index (χ2n) is 9.46. The van der Waals surface area contributed by atoms with Crippen LogP contribution >= 0.6 is 0 Å². The first-order valence-electron chi connectivity index (χ1n) is 10.6. The Morgan fingerprint density at radius 2 is 2.15 bits per heavy atom. The number of aromatic hydroxyl groups is 1. The molecule has 2 unspecified atom stereocenters. The number of phenols is 1. The summed E-state index contributed by atoms with van der Waals surface area (Å²) in [4.78, 5) is 2.78. The maximum absolute atomic E-state index is 10.7. The minimum atomic E-state index is -0.413. The van der Waals surface area contributed by atoms with Gasteiger partial charge in [0.1, 0.15) is 6.10 Å². The molecule has 1 aromatic rings. The first-order chi connectivity index (χ1) is 12.6. The Kier molecular flexibility index (Phi) is 3.13. The van der Waals surface area contributed by atoms with Gasteiger partial charge in [0.25, 0.3) is 0 Å². The van der Waals surface area contributed by atoms with Gasteiger partial charge in [-0.2, -0.15) is 0 Å². The summed E-state index contributed by atoms with van der Waals surface area (Å²) in [5.74, 6) is 3.33. The van der Waals surface area contributed by atoms with Crippen molar-refractivity contribution in [1.29, 1.82) is 0 Å². The lowest BCUT2D eigenvalue weighted by atomic mass is 9.51. The van der Waals surface area contributed by atoms with Crippen LogP contribution in [0.4, 0.5) is 0 Å². The molecule has 2 saturated carbocycles. The van der Waals surface area contributed by atoms with E-state index in [2.05, 4.69) is 17.9 Å². The number of piperidine rings is 1. The van der Waals surface area contributed by atoms with Gasteiger partial charge >= 0.3 is 0 Å². The molecule has 3 fully saturated rings. The van der Waals surface area contributed by atoms with Crippen LogP contribution in [-0.4, -0.2) is 46.5 Å². The quantitative estimate of drug-likeness (QED) is 0.875.